The van der Waals surface area contributed by atoms with Gasteiger partial charge in [0, 0.05) is 19.3 Å². The van der Waals surface area contributed by atoms with Crippen molar-refractivity contribution in [2.45, 2.75) is 44.0 Å². The van der Waals surface area contributed by atoms with Crippen LogP contribution >= 0.6 is 0 Å². The van der Waals surface area contributed by atoms with E-state index in [1.165, 1.54) is 16.0 Å². The number of rotatable bonds is 8. The quantitative estimate of drug-likeness (QED) is 0.680. The van der Waals surface area contributed by atoms with E-state index in [1.54, 1.807) is 0 Å². The largest absolute Gasteiger partial charge is 0.460 e. The maximum absolute atomic E-state index is 12.0. The van der Waals surface area contributed by atoms with Gasteiger partial charge in [0.05, 0.1) is 45.4 Å². The Kier molecular flexibility index (Phi) is 7.51. The maximum Gasteiger partial charge on any atom is 0.311 e. The van der Waals surface area contributed by atoms with Crippen molar-refractivity contribution in [1.82, 2.24) is 0 Å². The van der Waals surface area contributed by atoms with Crippen LogP contribution in [0.25, 0.3) is 0 Å². The van der Waals surface area contributed by atoms with Gasteiger partial charge in [-0.25, -0.2) is 0 Å². The highest BCUT2D eigenvalue weighted by molar-refractivity contribution is 5.69. The van der Waals surface area contributed by atoms with E-state index in [4.69, 9.17) is 14.2 Å². The Morgan fingerprint density at radius 1 is 0.933 bits per heavy atom. The van der Waals surface area contributed by atoms with Gasteiger partial charge in [-0.15, -0.1) is 0 Å². The van der Waals surface area contributed by atoms with E-state index in [1.807, 2.05) is 12.1 Å². The normalized spacial score (nSPS) is 24.1. The van der Waals surface area contributed by atoms with Crippen LogP contribution in [-0.2, 0) is 19.0 Å². The number of likely N-dealkylation sites (tertiary alicyclic amines) is 1. The molecule has 160 valence electrons. The molecule has 0 saturated carbocycles. The van der Waals surface area contributed by atoms with E-state index in [-0.39, 0.29) is 24.3 Å². The molecule has 0 bridgehead atoms. The second-order valence-electron chi connectivity index (χ2n) is 8.26. The maximum atomic E-state index is 12.0. The molecule has 30 heavy (non-hydrogen) atoms. The first-order chi connectivity index (χ1) is 14.8. The van der Waals surface area contributed by atoms with Crippen molar-refractivity contribution in [1.29, 1.82) is 0 Å². The summed E-state index contributed by atoms with van der Waals surface area (Å²) in [5.41, 5.74) is 2.38. The fraction of sp³-hybridized carbons (Fsp3) is 0.480. The molecular weight excluding hydrogens is 378 g/mol. The van der Waals surface area contributed by atoms with Gasteiger partial charge in [0.2, 0.25) is 0 Å². The number of piperidine rings is 1. The monoisotopic (exact) mass is 410 g/mol. The van der Waals surface area contributed by atoms with E-state index >= 15 is 0 Å². The van der Waals surface area contributed by atoms with Crippen molar-refractivity contribution < 1.29 is 23.9 Å². The Morgan fingerprint density at radius 2 is 1.57 bits per heavy atom. The molecule has 5 nitrogen and oxygen atoms in total. The van der Waals surface area contributed by atoms with Gasteiger partial charge in [0.15, 0.2) is 0 Å². The highest BCUT2D eigenvalue weighted by Crippen LogP contribution is 2.28. The lowest BCUT2D eigenvalue weighted by Gasteiger charge is -2.32. The summed E-state index contributed by atoms with van der Waals surface area (Å²) >= 11 is 0. The molecule has 0 aromatic heterocycles. The zero-order chi connectivity index (χ0) is 20.6. The molecule has 1 atom stereocenters. The van der Waals surface area contributed by atoms with Crippen LogP contribution in [0.3, 0.4) is 0 Å². The van der Waals surface area contributed by atoms with Gasteiger partial charge in [0.1, 0.15) is 12.2 Å². The predicted molar refractivity (Wildman–Crippen MR) is 114 cm³/mol. The Bertz CT molecular complexity index is 729. The fourth-order valence-electron chi connectivity index (χ4n) is 4.31. The first-order valence-corrected chi connectivity index (χ1v) is 11.1. The molecular formula is C25H32NO4+. The van der Waals surface area contributed by atoms with E-state index in [9.17, 15) is 4.79 Å². The van der Waals surface area contributed by atoms with E-state index < -0.39 is 0 Å². The van der Waals surface area contributed by atoms with E-state index in [2.05, 4.69) is 48.5 Å². The van der Waals surface area contributed by atoms with E-state index in [0.717, 1.165) is 38.9 Å². The van der Waals surface area contributed by atoms with Crippen LogP contribution in [0.15, 0.2) is 60.7 Å². The number of benzene rings is 2. The lowest BCUT2D eigenvalue weighted by atomic mass is 10.00. The van der Waals surface area contributed by atoms with Crippen LogP contribution in [0.1, 0.15) is 42.9 Å². The third kappa shape index (κ3) is 5.91. The summed E-state index contributed by atoms with van der Waals surface area (Å²) in [6.07, 6.45) is 3.48. The second-order valence-corrected chi connectivity index (χ2v) is 8.26. The van der Waals surface area contributed by atoms with Gasteiger partial charge in [-0.1, -0.05) is 60.7 Å². The number of quaternary nitrogens is 1. The number of hydrogen-bond donors (Lipinski definition) is 1. The first-order valence-electron chi connectivity index (χ1n) is 11.1. The topological polar surface area (TPSA) is 49.2 Å². The average molecular weight is 411 g/mol. The van der Waals surface area contributed by atoms with Gasteiger partial charge < -0.3 is 19.1 Å². The molecule has 1 N–H and O–H groups in total. The lowest BCUT2D eigenvalue weighted by molar-refractivity contribution is -0.905. The standard InChI is InChI=1S/C25H31NO4/c27-24(29-23-14-18-28-19-23)13-17-26-15-11-22(12-16-26)30-25(20-7-3-1-4-8-20)21-9-5-2-6-10-21/h1-10,22-23,25H,11-19H2/p+1. The van der Waals surface area contributed by atoms with Gasteiger partial charge in [-0.2, -0.15) is 0 Å². The van der Waals surface area contributed by atoms with Gasteiger partial charge in [-0.3, -0.25) is 4.79 Å². The number of hydrogen-bond acceptors (Lipinski definition) is 4. The van der Waals surface area contributed by atoms with Crippen LogP contribution in [0.4, 0.5) is 0 Å². The molecule has 0 aliphatic carbocycles. The minimum atomic E-state index is -0.0930. The van der Waals surface area contributed by atoms with Crippen molar-refractivity contribution in [3.05, 3.63) is 71.8 Å². The molecule has 2 saturated heterocycles. The molecule has 0 amide bonds. The minimum absolute atomic E-state index is 0.0393. The van der Waals surface area contributed by atoms with E-state index in [0.29, 0.717) is 19.6 Å². The summed E-state index contributed by atoms with van der Waals surface area (Å²) in [5.74, 6) is -0.0930. The molecule has 4 rings (SSSR count). The van der Waals surface area contributed by atoms with Crippen molar-refractivity contribution in [3.63, 3.8) is 0 Å². The van der Waals surface area contributed by atoms with Crippen molar-refractivity contribution in [2.75, 3.05) is 32.8 Å². The summed E-state index contributed by atoms with van der Waals surface area (Å²) in [6.45, 7) is 4.14. The van der Waals surface area contributed by atoms with Crippen LogP contribution in [0.5, 0.6) is 0 Å². The van der Waals surface area contributed by atoms with Gasteiger partial charge >= 0.3 is 5.97 Å². The summed E-state index contributed by atoms with van der Waals surface area (Å²) in [5, 5.41) is 0. The molecule has 1 unspecified atom stereocenters. The molecule has 0 radical (unpaired) electrons. The predicted octanol–water partition coefficient (Wildman–Crippen LogP) is 2.56. The highest BCUT2D eigenvalue weighted by atomic mass is 16.6. The molecule has 2 aliphatic rings. The smallest absolute Gasteiger partial charge is 0.311 e. The molecule has 2 fully saturated rings. The molecule has 2 heterocycles. The molecule has 2 aromatic rings. The number of esters is 1. The summed E-state index contributed by atoms with van der Waals surface area (Å²) < 4.78 is 17.3. The number of carbonyl (C=O) groups excluding carboxylic acids is 1. The Balaban J connectivity index is 1.26. The summed E-state index contributed by atoms with van der Waals surface area (Å²) in [4.78, 5) is 13.5. The third-order valence-electron chi connectivity index (χ3n) is 6.04. The zero-order valence-corrected chi connectivity index (χ0v) is 17.5. The Labute approximate surface area is 178 Å². The number of ether oxygens (including phenoxy) is 3. The molecule has 2 aromatic carbocycles. The average Bonchev–Trinajstić information content (AvgIpc) is 3.31. The Hall–Kier alpha value is -2.21. The highest BCUT2D eigenvalue weighted by Gasteiger charge is 2.27. The Morgan fingerprint density at radius 3 is 2.13 bits per heavy atom. The van der Waals surface area contributed by atoms with Crippen molar-refractivity contribution in [2.24, 2.45) is 0 Å². The summed E-state index contributed by atoms with van der Waals surface area (Å²) in [6, 6.07) is 20.9. The third-order valence-corrected chi connectivity index (χ3v) is 6.04. The number of nitrogens with one attached hydrogen (secondary N) is 1. The first kappa shape index (κ1) is 21.0. The molecule has 2 aliphatic heterocycles. The second kappa shape index (κ2) is 10.7. The summed E-state index contributed by atoms with van der Waals surface area (Å²) in [7, 11) is 0. The van der Waals surface area contributed by atoms with Crippen LogP contribution in [-0.4, -0.2) is 51.0 Å². The zero-order valence-electron chi connectivity index (χ0n) is 17.5. The van der Waals surface area contributed by atoms with Crippen molar-refractivity contribution in [3.8, 4) is 0 Å². The molecule has 0 spiro atoms. The lowest BCUT2D eigenvalue weighted by Crippen LogP contribution is -3.13. The number of carbonyl (C=O) groups is 1. The van der Waals surface area contributed by atoms with Crippen LogP contribution < -0.4 is 4.90 Å². The van der Waals surface area contributed by atoms with Crippen LogP contribution in [0, 0.1) is 0 Å². The molecule has 5 heteroatoms. The fourth-order valence-corrected chi connectivity index (χ4v) is 4.31. The van der Waals surface area contributed by atoms with Crippen molar-refractivity contribution >= 4 is 5.97 Å². The minimum Gasteiger partial charge on any atom is -0.460 e. The van der Waals surface area contributed by atoms with Gasteiger partial charge in [0.25, 0.3) is 0 Å². The SMILES string of the molecule is O=C(CC[NH+]1CCC(OC(c2ccccc2)c2ccccc2)CC1)OC1CCOC1. The van der Waals surface area contributed by atoms with Crippen LogP contribution in [0.2, 0.25) is 0 Å². The van der Waals surface area contributed by atoms with Gasteiger partial charge in [-0.05, 0) is 11.1 Å².